The summed E-state index contributed by atoms with van der Waals surface area (Å²) in [7, 11) is 0. The maximum atomic E-state index is 14.8. The largest absolute Gasteiger partial charge is 0.381 e. The van der Waals surface area contributed by atoms with E-state index in [9.17, 15) is 31.5 Å². The maximum Gasteiger partial charge on any atom is 0.266 e. The van der Waals surface area contributed by atoms with Crippen molar-refractivity contribution in [2.75, 3.05) is 25.4 Å². The summed E-state index contributed by atoms with van der Waals surface area (Å²) in [6.07, 6.45) is -3.25. The molecule has 2 aliphatic carbocycles. The Bertz CT molecular complexity index is 1370. The second kappa shape index (κ2) is 9.98. The lowest BCUT2D eigenvalue weighted by molar-refractivity contribution is 0.0648. The van der Waals surface area contributed by atoms with Crippen LogP contribution in [0.15, 0.2) is 35.3 Å². The van der Waals surface area contributed by atoms with Gasteiger partial charge in [0.15, 0.2) is 0 Å². The molecule has 1 aliphatic heterocycles. The second-order valence-corrected chi connectivity index (χ2v) is 10.6. The number of carbonyl (C=O) groups is 1. The van der Waals surface area contributed by atoms with E-state index in [4.69, 9.17) is 4.11 Å². The van der Waals surface area contributed by atoms with E-state index in [1.165, 1.54) is 24.0 Å². The fourth-order valence-electron chi connectivity index (χ4n) is 5.94. The number of piperidine rings is 1. The quantitative estimate of drug-likeness (QED) is 0.466. The molecule has 38 heavy (non-hydrogen) atoms. The van der Waals surface area contributed by atoms with Crippen molar-refractivity contribution in [3.63, 3.8) is 0 Å². The summed E-state index contributed by atoms with van der Waals surface area (Å²) in [6, 6.07) is 3.21. The lowest BCUT2D eigenvalue weighted by Gasteiger charge is -2.37. The minimum absolute atomic E-state index is 0.0537. The molecule has 206 valence electrons. The average Bonchev–Trinajstić information content (AvgIpc) is 3.66. The molecule has 0 radical (unpaired) electrons. The fourth-order valence-corrected chi connectivity index (χ4v) is 5.94. The molecule has 4 atom stereocenters. The summed E-state index contributed by atoms with van der Waals surface area (Å²) in [5.74, 6) is -2.15. The number of nitrogens with zero attached hydrogens (tertiary/aromatic N) is 2. The van der Waals surface area contributed by atoms with E-state index < -0.39 is 54.3 Å². The summed E-state index contributed by atoms with van der Waals surface area (Å²) in [5.41, 5.74) is -3.49. The molecule has 1 saturated heterocycles. The monoisotopic (exact) mass is 541 g/mol. The summed E-state index contributed by atoms with van der Waals surface area (Å²) < 4.78 is 93.3. The first-order chi connectivity index (χ1) is 19.2. The number of alkyl halides is 4. The van der Waals surface area contributed by atoms with Crippen molar-refractivity contribution in [1.82, 2.24) is 14.8 Å². The number of carbonyl (C=O) groups excluding carboxylic acids is 1. The van der Waals surface area contributed by atoms with Gasteiger partial charge in [-0.15, -0.1) is 0 Å². The lowest BCUT2D eigenvalue weighted by atomic mass is 9.92. The summed E-state index contributed by atoms with van der Waals surface area (Å²) in [6.45, 7) is -0.275. The molecule has 2 aromatic rings. The first kappa shape index (κ1) is 23.0. The van der Waals surface area contributed by atoms with E-state index in [0.29, 0.717) is 0 Å². The topological polar surface area (TPSA) is 66.4 Å². The van der Waals surface area contributed by atoms with Crippen molar-refractivity contribution >= 4 is 11.6 Å². The van der Waals surface area contributed by atoms with Crippen LogP contribution in [0.1, 0.15) is 70.7 Å². The van der Waals surface area contributed by atoms with Crippen LogP contribution in [-0.4, -0.2) is 47.9 Å². The van der Waals surface area contributed by atoms with Gasteiger partial charge >= 0.3 is 0 Å². The Morgan fingerprint density at radius 1 is 1.13 bits per heavy atom. The number of aromatic nitrogens is 1. The number of pyridine rings is 1. The van der Waals surface area contributed by atoms with Crippen LogP contribution in [0.5, 0.6) is 0 Å². The van der Waals surface area contributed by atoms with E-state index in [-0.39, 0.29) is 60.6 Å². The van der Waals surface area contributed by atoms with Crippen LogP contribution in [0.4, 0.5) is 27.6 Å². The van der Waals surface area contributed by atoms with Gasteiger partial charge in [0.1, 0.15) is 11.4 Å². The van der Waals surface area contributed by atoms with Crippen LogP contribution in [-0.2, 0) is 5.54 Å². The SMILES string of the molecule is [2H]C([2H])([2H])N1C[C@H]2CC[C@@H](C1)C2Nc1cc(=O)n(C2(C(F)F)CC2)cc1C(=O)N[C@H](C)c1cccc(C(F)F)c1F. The Hall–Kier alpha value is -2.95. The molecule has 1 amide bonds. The minimum Gasteiger partial charge on any atom is -0.381 e. The predicted molar refractivity (Wildman–Crippen MR) is 132 cm³/mol. The van der Waals surface area contributed by atoms with Gasteiger partial charge in [-0.05, 0) is 51.4 Å². The molecule has 3 fully saturated rings. The van der Waals surface area contributed by atoms with Gasteiger partial charge in [0, 0.05) is 41.1 Å². The van der Waals surface area contributed by atoms with Gasteiger partial charge in [0.2, 0.25) is 0 Å². The van der Waals surface area contributed by atoms with E-state index >= 15 is 0 Å². The number of hydrogen-bond donors (Lipinski definition) is 2. The highest BCUT2D eigenvalue weighted by molar-refractivity contribution is 5.99. The Kier molecular flexibility index (Phi) is 6.04. The number of benzene rings is 1. The van der Waals surface area contributed by atoms with Crippen LogP contribution >= 0.6 is 0 Å². The minimum atomic E-state index is -3.06. The number of rotatable bonds is 8. The molecule has 2 saturated carbocycles. The zero-order valence-electron chi connectivity index (χ0n) is 23.7. The maximum absolute atomic E-state index is 14.8. The zero-order chi connectivity index (χ0) is 29.9. The number of anilines is 1. The standard InChI is InChI=1S/C27H31F5N4O2/c1-14(17-4-3-5-18(22(17)28)24(29)30)33-25(38)19-13-36(27(8-9-27)26(31)32)21(37)10-20(19)34-23-15-6-7-16(23)12-35(2)11-15/h3-5,10,13-16,23-24,26,34H,6-9,11-12H2,1-2H3,(H,33,38)/t14-,15-,16+,23?/m1/s1/i2D3. The highest BCUT2D eigenvalue weighted by Gasteiger charge is 2.54. The molecule has 2 N–H and O–H groups in total. The molecule has 5 rings (SSSR count). The van der Waals surface area contributed by atoms with Gasteiger partial charge in [-0.3, -0.25) is 9.59 Å². The third-order valence-electron chi connectivity index (χ3n) is 8.21. The molecule has 1 unspecified atom stereocenters. The third-order valence-corrected chi connectivity index (χ3v) is 8.21. The first-order valence-electron chi connectivity index (χ1n) is 14.2. The van der Waals surface area contributed by atoms with Crippen LogP contribution in [0.2, 0.25) is 0 Å². The first-order valence-corrected chi connectivity index (χ1v) is 12.7. The highest BCUT2D eigenvalue weighted by Crippen LogP contribution is 2.48. The van der Waals surface area contributed by atoms with Crippen molar-refractivity contribution in [2.45, 2.75) is 63.1 Å². The summed E-state index contributed by atoms with van der Waals surface area (Å²) in [4.78, 5) is 28.0. The second-order valence-electron chi connectivity index (χ2n) is 10.6. The lowest BCUT2D eigenvalue weighted by Crippen LogP contribution is -2.47. The number of likely N-dealkylation sites (tertiary alicyclic amines) is 1. The van der Waals surface area contributed by atoms with Crippen LogP contribution in [0, 0.1) is 17.7 Å². The molecular weight excluding hydrogens is 507 g/mol. The van der Waals surface area contributed by atoms with E-state index in [1.54, 1.807) is 0 Å². The van der Waals surface area contributed by atoms with Gasteiger partial charge in [0.25, 0.3) is 24.3 Å². The summed E-state index contributed by atoms with van der Waals surface area (Å²) >= 11 is 0. The van der Waals surface area contributed by atoms with Gasteiger partial charge < -0.3 is 20.1 Å². The van der Waals surface area contributed by atoms with Crippen LogP contribution < -0.4 is 16.2 Å². The molecular formula is C27H31F5N4O2. The van der Waals surface area contributed by atoms with Crippen molar-refractivity contribution in [3.05, 3.63) is 63.3 Å². The van der Waals surface area contributed by atoms with Gasteiger partial charge in [-0.2, -0.15) is 0 Å². The molecule has 1 aromatic carbocycles. The molecule has 11 heteroatoms. The Morgan fingerprint density at radius 2 is 1.79 bits per heavy atom. The molecule has 3 aliphatic rings. The number of hydrogen-bond acceptors (Lipinski definition) is 4. The van der Waals surface area contributed by atoms with Crippen molar-refractivity contribution in [2.24, 2.45) is 11.8 Å². The van der Waals surface area contributed by atoms with Crippen molar-refractivity contribution in [3.8, 4) is 0 Å². The normalized spacial score (nSPS) is 26.5. The Balaban J connectivity index is 1.47. The van der Waals surface area contributed by atoms with Gasteiger partial charge in [-0.25, -0.2) is 22.0 Å². The van der Waals surface area contributed by atoms with Gasteiger partial charge in [-0.1, -0.05) is 18.2 Å². The molecule has 0 spiro atoms. The fraction of sp³-hybridized carbons (Fsp3) is 0.556. The number of fused-ring (bicyclic) bond motifs is 2. The zero-order valence-corrected chi connectivity index (χ0v) is 20.7. The Labute approximate surface area is 221 Å². The summed E-state index contributed by atoms with van der Waals surface area (Å²) in [5, 5.41) is 5.80. The van der Waals surface area contributed by atoms with E-state index in [2.05, 4.69) is 10.6 Å². The van der Waals surface area contributed by atoms with Crippen molar-refractivity contribution < 1.29 is 30.9 Å². The predicted octanol–water partition coefficient (Wildman–Crippen LogP) is 4.92. The van der Waals surface area contributed by atoms with E-state index in [1.807, 2.05) is 0 Å². The van der Waals surface area contributed by atoms with Crippen LogP contribution in [0.25, 0.3) is 0 Å². The number of nitrogens with one attached hydrogen (secondary N) is 2. The van der Waals surface area contributed by atoms with Crippen molar-refractivity contribution in [1.29, 1.82) is 0 Å². The average molecular weight is 542 g/mol. The molecule has 2 heterocycles. The molecule has 2 bridgehead atoms. The Morgan fingerprint density at radius 3 is 2.37 bits per heavy atom. The third kappa shape index (κ3) is 4.69. The van der Waals surface area contributed by atoms with Gasteiger partial charge in [0.05, 0.1) is 22.9 Å². The number of halogens is 5. The number of amides is 1. The van der Waals surface area contributed by atoms with E-state index in [0.717, 1.165) is 35.7 Å². The molecule has 1 aromatic heterocycles. The highest BCUT2D eigenvalue weighted by atomic mass is 19.3. The molecule has 6 nitrogen and oxygen atoms in total. The smallest absolute Gasteiger partial charge is 0.266 e. The van der Waals surface area contributed by atoms with Crippen LogP contribution in [0.3, 0.4) is 0 Å².